The van der Waals surface area contributed by atoms with Gasteiger partial charge in [0.05, 0.1) is 23.9 Å². The first-order valence-corrected chi connectivity index (χ1v) is 9.73. The summed E-state index contributed by atoms with van der Waals surface area (Å²) < 4.78 is 12.3. The minimum absolute atomic E-state index is 0.153. The van der Waals surface area contributed by atoms with Gasteiger partial charge in [0, 0.05) is 12.0 Å². The zero-order chi connectivity index (χ0) is 18.9. The van der Waals surface area contributed by atoms with Crippen LogP contribution in [0.5, 0.6) is 11.5 Å². The number of hydrogen-bond acceptors (Lipinski definition) is 4. The second-order valence-corrected chi connectivity index (χ2v) is 6.99. The molecule has 0 N–H and O–H groups in total. The van der Waals surface area contributed by atoms with E-state index in [0.29, 0.717) is 6.61 Å². The minimum atomic E-state index is -0.316. The van der Waals surface area contributed by atoms with Crippen LogP contribution in [0.1, 0.15) is 42.3 Å². The number of hydrazone groups is 1. The molecule has 2 aliphatic rings. The van der Waals surface area contributed by atoms with Crippen molar-refractivity contribution in [3.05, 3.63) is 95.6 Å². The van der Waals surface area contributed by atoms with Gasteiger partial charge in [-0.1, -0.05) is 60.7 Å². The van der Waals surface area contributed by atoms with Crippen molar-refractivity contribution in [2.24, 2.45) is 5.10 Å². The zero-order valence-corrected chi connectivity index (χ0v) is 15.8. The normalized spacial score (nSPS) is 20.0. The van der Waals surface area contributed by atoms with Crippen LogP contribution in [-0.4, -0.2) is 17.3 Å². The molecule has 3 aromatic rings. The molecule has 0 aromatic heterocycles. The van der Waals surface area contributed by atoms with Gasteiger partial charge in [0.1, 0.15) is 11.5 Å². The SMILES string of the molecule is CCOc1ccccc1C1Oc2ccccc2C2CC(c3ccccc3)=NN21. The Labute approximate surface area is 165 Å². The van der Waals surface area contributed by atoms with Gasteiger partial charge in [0.15, 0.2) is 0 Å². The van der Waals surface area contributed by atoms with Gasteiger partial charge >= 0.3 is 0 Å². The second kappa shape index (κ2) is 7.04. The maximum absolute atomic E-state index is 6.44. The Balaban J connectivity index is 1.61. The fourth-order valence-corrected chi connectivity index (χ4v) is 4.02. The molecule has 28 heavy (non-hydrogen) atoms. The highest BCUT2D eigenvalue weighted by molar-refractivity contribution is 6.01. The van der Waals surface area contributed by atoms with Crippen LogP contribution in [0.15, 0.2) is 84.0 Å². The van der Waals surface area contributed by atoms with E-state index in [-0.39, 0.29) is 12.3 Å². The number of nitrogens with zero attached hydrogens (tertiary/aromatic N) is 2. The van der Waals surface area contributed by atoms with Crippen molar-refractivity contribution >= 4 is 5.71 Å². The molecule has 0 radical (unpaired) electrons. The van der Waals surface area contributed by atoms with Crippen LogP contribution >= 0.6 is 0 Å². The molecule has 4 heteroatoms. The van der Waals surface area contributed by atoms with Crippen LogP contribution in [0.2, 0.25) is 0 Å². The Morgan fingerprint density at radius 1 is 0.929 bits per heavy atom. The fraction of sp³-hybridized carbons (Fsp3) is 0.208. The van der Waals surface area contributed by atoms with Crippen LogP contribution in [-0.2, 0) is 0 Å². The Morgan fingerprint density at radius 2 is 1.64 bits per heavy atom. The molecule has 0 amide bonds. The Kier molecular flexibility index (Phi) is 4.24. The molecular formula is C24H22N2O2. The fourth-order valence-electron chi connectivity index (χ4n) is 4.02. The average molecular weight is 370 g/mol. The lowest BCUT2D eigenvalue weighted by Crippen LogP contribution is -2.34. The molecule has 0 saturated carbocycles. The van der Waals surface area contributed by atoms with Gasteiger partial charge in [0.2, 0.25) is 6.23 Å². The van der Waals surface area contributed by atoms with E-state index in [9.17, 15) is 0 Å². The van der Waals surface area contributed by atoms with Crippen LogP contribution in [0.3, 0.4) is 0 Å². The van der Waals surface area contributed by atoms with Gasteiger partial charge in [-0.15, -0.1) is 0 Å². The molecule has 5 rings (SSSR count). The second-order valence-electron chi connectivity index (χ2n) is 6.99. The van der Waals surface area contributed by atoms with E-state index in [0.717, 1.165) is 34.8 Å². The first-order valence-electron chi connectivity index (χ1n) is 9.73. The highest BCUT2D eigenvalue weighted by Gasteiger charge is 2.41. The third-order valence-electron chi connectivity index (χ3n) is 5.29. The summed E-state index contributed by atoms with van der Waals surface area (Å²) in [6.45, 7) is 2.61. The molecule has 4 nitrogen and oxygen atoms in total. The third kappa shape index (κ3) is 2.82. The number of para-hydroxylation sites is 2. The van der Waals surface area contributed by atoms with Crippen LogP contribution in [0.4, 0.5) is 0 Å². The summed E-state index contributed by atoms with van der Waals surface area (Å²) in [7, 11) is 0. The van der Waals surface area contributed by atoms with Crippen molar-refractivity contribution in [3.63, 3.8) is 0 Å². The van der Waals surface area contributed by atoms with Crippen molar-refractivity contribution < 1.29 is 9.47 Å². The maximum Gasteiger partial charge on any atom is 0.217 e. The lowest BCUT2D eigenvalue weighted by Gasteiger charge is -2.38. The molecular weight excluding hydrogens is 348 g/mol. The molecule has 2 aliphatic heterocycles. The van der Waals surface area contributed by atoms with Crippen molar-refractivity contribution in [1.29, 1.82) is 0 Å². The van der Waals surface area contributed by atoms with E-state index in [4.69, 9.17) is 14.6 Å². The highest BCUT2D eigenvalue weighted by atomic mass is 16.5. The number of rotatable bonds is 4. The molecule has 0 fully saturated rings. The molecule has 140 valence electrons. The summed E-state index contributed by atoms with van der Waals surface area (Å²) in [5, 5.41) is 7.11. The summed E-state index contributed by atoms with van der Waals surface area (Å²) in [6.07, 6.45) is 0.543. The van der Waals surface area contributed by atoms with Crippen LogP contribution < -0.4 is 9.47 Å². The predicted molar refractivity (Wildman–Crippen MR) is 110 cm³/mol. The van der Waals surface area contributed by atoms with E-state index in [1.807, 2.05) is 43.3 Å². The van der Waals surface area contributed by atoms with Gasteiger partial charge in [0.25, 0.3) is 0 Å². The number of benzene rings is 3. The first-order chi connectivity index (χ1) is 13.8. The summed E-state index contributed by atoms with van der Waals surface area (Å²) in [5.41, 5.74) is 4.43. The van der Waals surface area contributed by atoms with E-state index >= 15 is 0 Å². The van der Waals surface area contributed by atoms with Crippen molar-refractivity contribution in [2.45, 2.75) is 25.6 Å². The molecule has 2 atom stereocenters. The molecule has 0 aliphatic carbocycles. The average Bonchev–Trinajstić information content (AvgIpc) is 3.20. The molecule has 0 saturated heterocycles. The first kappa shape index (κ1) is 16.9. The molecule has 0 spiro atoms. The monoisotopic (exact) mass is 370 g/mol. The van der Waals surface area contributed by atoms with Gasteiger partial charge in [-0.25, -0.2) is 5.01 Å². The Morgan fingerprint density at radius 3 is 2.46 bits per heavy atom. The van der Waals surface area contributed by atoms with E-state index in [1.165, 1.54) is 5.56 Å². The van der Waals surface area contributed by atoms with Crippen LogP contribution in [0, 0.1) is 0 Å². The van der Waals surface area contributed by atoms with Gasteiger partial charge in [-0.2, -0.15) is 5.10 Å². The van der Waals surface area contributed by atoms with Crippen molar-refractivity contribution in [1.82, 2.24) is 5.01 Å². The predicted octanol–water partition coefficient (Wildman–Crippen LogP) is 5.33. The van der Waals surface area contributed by atoms with Crippen molar-refractivity contribution in [2.75, 3.05) is 6.61 Å². The maximum atomic E-state index is 6.44. The van der Waals surface area contributed by atoms with Gasteiger partial charge in [-0.05, 0) is 30.7 Å². The standard InChI is InChI=1S/C24H22N2O2/c1-2-27-22-14-8-7-13-19(22)24-26-21(18-12-6-9-15-23(18)28-24)16-20(25-26)17-10-4-3-5-11-17/h3-15,21,24H,2,16H2,1H3. The Hall–Kier alpha value is -3.27. The topological polar surface area (TPSA) is 34.1 Å². The van der Waals surface area contributed by atoms with Gasteiger partial charge < -0.3 is 9.47 Å². The quantitative estimate of drug-likeness (QED) is 0.623. The van der Waals surface area contributed by atoms with Crippen molar-refractivity contribution in [3.8, 4) is 11.5 Å². The Bertz CT molecular complexity index is 1020. The number of ether oxygens (including phenoxy) is 2. The summed E-state index contributed by atoms with van der Waals surface area (Å²) in [5.74, 6) is 1.76. The molecule has 2 unspecified atom stereocenters. The summed E-state index contributed by atoms with van der Waals surface area (Å²) >= 11 is 0. The lowest BCUT2D eigenvalue weighted by molar-refractivity contribution is -0.0205. The van der Waals surface area contributed by atoms with E-state index in [2.05, 4.69) is 47.5 Å². The number of fused-ring (bicyclic) bond motifs is 3. The summed E-state index contributed by atoms with van der Waals surface area (Å²) in [4.78, 5) is 0. The van der Waals surface area contributed by atoms with E-state index < -0.39 is 0 Å². The minimum Gasteiger partial charge on any atom is -0.493 e. The summed E-state index contributed by atoms with van der Waals surface area (Å²) in [6, 6.07) is 26.9. The lowest BCUT2D eigenvalue weighted by atomic mass is 9.96. The van der Waals surface area contributed by atoms with E-state index in [1.54, 1.807) is 0 Å². The third-order valence-corrected chi connectivity index (χ3v) is 5.29. The number of hydrogen-bond donors (Lipinski definition) is 0. The molecule has 3 aromatic carbocycles. The zero-order valence-electron chi connectivity index (χ0n) is 15.8. The molecule has 0 bridgehead atoms. The molecule has 2 heterocycles. The largest absolute Gasteiger partial charge is 0.493 e. The smallest absolute Gasteiger partial charge is 0.217 e. The highest BCUT2D eigenvalue weighted by Crippen LogP contribution is 2.48. The van der Waals surface area contributed by atoms with Gasteiger partial charge in [-0.3, -0.25) is 0 Å². The van der Waals surface area contributed by atoms with Crippen LogP contribution in [0.25, 0.3) is 0 Å².